The number of benzene rings is 4. The molecular formula is C39H41N5O2. The zero-order chi connectivity index (χ0) is 31.0. The van der Waals surface area contributed by atoms with Crippen LogP contribution < -0.4 is 9.47 Å². The van der Waals surface area contributed by atoms with Gasteiger partial charge in [-0.15, -0.1) is 0 Å². The summed E-state index contributed by atoms with van der Waals surface area (Å²) in [5, 5.41) is 0. The molecule has 0 bridgehead atoms. The van der Waals surface area contributed by atoms with Crippen molar-refractivity contribution >= 4 is 22.4 Å². The molecule has 8 rings (SSSR count). The fraction of sp³-hybridized carbons (Fsp3) is 0.333. The molecule has 4 heterocycles. The molecule has 3 aliphatic heterocycles. The summed E-state index contributed by atoms with van der Waals surface area (Å²) in [5.74, 6) is 2.69. The van der Waals surface area contributed by atoms with Crippen LogP contribution in [0.4, 0.5) is 5.69 Å². The molecule has 0 radical (unpaired) electrons. The molecule has 2 fully saturated rings. The lowest BCUT2D eigenvalue weighted by Gasteiger charge is -2.19. The summed E-state index contributed by atoms with van der Waals surface area (Å²) >= 11 is 0. The Hall–Kier alpha value is -4.46. The Kier molecular flexibility index (Phi) is 7.80. The number of H-pyrrole nitrogens is 1. The number of ether oxygens (including phenoxy) is 2. The van der Waals surface area contributed by atoms with Crippen molar-refractivity contribution < 1.29 is 9.47 Å². The molecular weight excluding hydrogens is 570 g/mol. The third-order valence-corrected chi connectivity index (χ3v) is 10.1. The van der Waals surface area contributed by atoms with Crippen LogP contribution in [0.2, 0.25) is 0 Å². The van der Waals surface area contributed by atoms with E-state index in [0.717, 1.165) is 94.7 Å². The zero-order valence-corrected chi connectivity index (χ0v) is 26.7. The fourth-order valence-electron chi connectivity index (χ4n) is 7.07. The SMILES string of the molecule is CN1CCC[C@H]1COc1ccc(C2=Nc3cc(-c4ccc5nc(-c6ccc(OC[C@@H]7CCCN7C)cc6)[nH]c5c4)ccc3C2)cc1. The van der Waals surface area contributed by atoms with E-state index in [9.17, 15) is 0 Å². The molecule has 1 N–H and O–H groups in total. The van der Waals surface area contributed by atoms with Crippen molar-refractivity contribution in [3.05, 3.63) is 96.1 Å². The van der Waals surface area contributed by atoms with Crippen molar-refractivity contribution in [3.8, 4) is 34.0 Å². The largest absolute Gasteiger partial charge is 0.492 e. The molecule has 0 amide bonds. The molecule has 4 aromatic carbocycles. The maximum Gasteiger partial charge on any atom is 0.138 e. The maximum absolute atomic E-state index is 6.10. The topological polar surface area (TPSA) is 66.0 Å². The normalized spacial score (nSPS) is 19.9. The Labute approximate surface area is 270 Å². The molecule has 7 nitrogen and oxygen atoms in total. The van der Waals surface area contributed by atoms with Gasteiger partial charge in [-0.2, -0.15) is 0 Å². The molecule has 2 saturated heterocycles. The van der Waals surface area contributed by atoms with E-state index in [0.29, 0.717) is 12.1 Å². The molecule has 3 aliphatic rings. The minimum absolute atomic E-state index is 0.509. The molecule has 234 valence electrons. The summed E-state index contributed by atoms with van der Waals surface area (Å²) < 4.78 is 12.2. The zero-order valence-electron chi connectivity index (χ0n) is 26.7. The van der Waals surface area contributed by atoms with Gasteiger partial charge in [0, 0.05) is 24.1 Å². The summed E-state index contributed by atoms with van der Waals surface area (Å²) in [7, 11) is 4.36. The Balaban J connectivity index is 0.942. The van der Waals surface area contributed by atoms with Gasteiger partial charge in [0.05, 0.1) is 22.4 Å². The monoisotopic (exact) mass is 611 g/mol. The van der Waals surface area contributed by atoms with Crippen LogP contribution >= 0.6 is 0 Å². The van der Waals surface area contributed by atoms with Crippen LogP contribution in [0.3, 0.4) is 0 Å². The number of rotatable bonds is 9. The smallest absolute Gasteiger partial charge is 0.138 e. The minimum atomic E-state index is 0.509. The third-order valence-electron chi connectivity index (χ3n) is 10.1. The van der Waals surface area contributed by atoms with Gasteiger partial charge in [-0.1, -0.05) is 18.2 Å². The van der Waals surface area contributed by atoms with Crippen molar-refractivity contribution in [2.24, 2.45) is 4.99 Å². The number of aromatic amines is 1. The average molecular weight is 612 g/mol. The third kappa shape index (κ3) is 5.93. The summed E-state index contributed by atoms with van der Waals surface area (Å²) in [5.41, 5.74) is 9.86. The first-order chi connectivity index (χ1) is 22.6. The number of fused-ring (bicyclic) bond motifs is 2. The van der Waals surface area contributed by atoms with Crippen molar-refractivity contribution in [1.29, 1.82) is 0 Å². The van der Waals surface area contributed by atoms with Crippen molar-refractivity contribution in [1.82, 2.24) is 19.8 Å². The van der Waals surface area contributed by atoms with E-state index in [4.69, 9.17) is 19.5 Å². The van der Waals surface area contributed by atoms with Crippen LogP contribution in [0.5, 0.6) is 11.5 Å². The minimum Gasteiger partial charge on any atom is -0.492 e. The quantitative estimate of drug-likeness (QED) is 0.187. The molecule has 7 heteroatoms. The Morgan fingerprint density at radius 3 is 1.91 bits per heavy atom. The number of likely N-dealkylation sites (tertiary alicyclic amines) is 2. The van der Waals surface area contributed by atoms with Gasteiger partial charge in [-0.05, 0) is 142 Å². The van der Waals surface area contributed by atoms with Crippen LogP contribution in [0, 0.1) is 0 Å². The van der Waals surface area contributed by atoms with Crippen LogP contribution in [-0.4, -0.2) is 78.0 Å². The first-order valence-electron chi connectivity index (χ1n) is 16.6. The number of aromatic nitrogens is 2. The van der Waals surface area contributed by atoms with Gasteiger partial charge < -0.3 is 24.3 Å². The fourth-order valence-corrected chi connectivity index (χ4v) is 7.07. The van der Waals surface area contributed by atoms with Crippen molar-refractivity contribution in [2.75, 3.05) is 40.4 Å². The highest BCUT2D eigenvalue weighted by molar-refractivity contribution is 6.07. The number of hydrogen-bond donors (Lipinski definition) is 1. The average Bonchev–Trinajstić information content (AvgIpc) is 3.89. The van der Waals surface area contributed by atoms with Gasteiger partial charge in [0.2, 0.25) is 0 Å². The highest BCUT2D eigenvalue weighted by atomic mass is 16.5. The predicted molar refractivity (Wildman–Crippen MR) is 186 cm³/mol. The number of likely N-dealkylation sites (N-methyl/N-ethyl adjacent to an activating group) is 2. The number of nitrogens with zero attached hydrogens (tertiary/aromatic N) is 4. The predicted octanol–water partition coefficient (Wildman–Crippen LogP) is 7.52. The molecule has 46 heavy (non-hydrogen) atoms. The van der Waals surface area contributed by atoms with E-state index in [1.807, 2.05) is 12.1 Å². The van der Waals surface area contributed by atoms with Crippen LogP contribution in [0.25, 0.3) is 33.5 Å². The molecule has 2 atom stereocenters. The summed E-state index contributed by atoms with van der Waals surface area (Å²) in [6, 6.07) is 30.8. The molecule has 0 unspecified atom stereocenters. The Bertz CT molecular complexity index is 1880. The number of aliphatic imine (C=N–C) groups is 1. The van der Waals surface area contributed by atoms with Crippen LogP contribution in [0.15, 0.2) is 89.9 Å². The molecule has 0 aliphatic carbocycles. The van der Waals surface area contributed by atoms with Gasteiger partial charge in [0.25, 0.3) is 0 Å². The Morgan fingerprint density at radius 2 is 1.28 bits per heavy atom. The standard InChI is InChI=1S/C39H41N5O2/c1-43-19-3-5-31(43)24-45-33-14-9-26(10-15-33)36-23-30-8-7-28(21-37(30)40-36)29-13-18-35-38(22-29)42-39(41-35)27-11-16-34(17-12-27)46-25-32-6-4-20-44(32)2/h7-18,21-22,31-32H,3-6,19-20,23-25H2,1-2H3,(H,41,42)/t31-,32-/m0/s1. The maximum atomic E-state index is 6.10. The van der Waals surface area contributed by atoms with E-state index < -0.39 is 0 Å². The number of imidazole rings is 1. The second-order valence-electron chi connectivity index (χ2n) is 13.1. The number of hydrogen-bond acceptors (Lipinski definition) is 6. The van der Waals surface area contributed by atoms with Gasteiger partial charge in [-0.3, -0.25) is 4.99 Å². The second kappa shape index (κ2) is 12.4. The van der Waals surface area contributed by atoms with Gasteiger partial charge in [-0.25, -0.2) is 4.98 Å². The summed E-state index contributed by atoms with van der Waals surface area (Å²) in [6.07, 6.45) is 5.77. The van der Waals surface area contributed by atoms with Crippen LogP contribution in [0.1, 0.15) is 36.8 Å². The van der Waals surface area contributed by atoms with E-state index in [1.165, 1.54) is 31.2 Å². The number of nitrogens with one attached hydrogen (secondary N) is 1. The van der Waals surface area contributed by atoms with Gasteiger partial charge in [0.15, 0.2) is 0 Å². The van der Waals surface area contributed by atoms with E-state index in [1.54, 1.807) is 0 Å². The molecule has 0 saturated carbocycles. The van der Waals surface area contributed by atoms with E-state index in [2.05, 4.69) is 102 Å². The molecule has 5 aromatic rings. The molecule has 1 aromatic heterocycles. The lowest BCUT2D eigenvalue weighted by molar-refractivity contribution is 0.198. The van der Waals surface area contributed by atoms with Gasteiger partial charge >= 0.3 is 0 Å². The first kappa shape index (κ1) is 29.0. The van der Waals surface area contributed by atoms with Crippen LogP contribution in [-0.2, 0) is 6.42 Å². The summed E-state index contributed by atoms with van der Waals surface area (Å²) in [4.78, 5) is 18.2. The first-order valence-corrected chi connectivity index (χ1v) is 16.6. The second-order valence-corrected chi connectivity index (χ2v) is 13.1. The van der Waals surface area contributed by atoms with Crippen molar-refractivity contribution in [3.63, 3.8) is 0 Å². The highest BCUT2D eigenvalue weighted by Gasteiger charge is 2.23. The van der Waals surface area contributed by atoms with Gasteiger partial charge in [0.1, 0.15) is 30.5 Å². The summed E-state index contributed by atoms with van der Waals surface area (Å²) in [6.45, 7) is 3.81. The van der Waals surface area contributed by atoms with Crippen molar-refractivity contribution in [2.45, 2.75) is 44.2 Å². The lowest BCUT2D eigenvalue weighted by Crippen LogP contribution is -2.30. The molecule has 0 spiro atoms. The Morgan fingerprint density at radius 1 is 0.696 bits per heavy atom. The van der Waals surface area contributed by atoms with E-state index in [-0.39, 0.29) is 0 Å². The highest BCUT2D eigenvalue weighted by Crippen LogP contribution is 2.35. The lowest BCUT2D eigenvalue weighted by atomic mass is 10.00. The van der Waals surface area contributed by atoms with E-state index >= 15 is 0 Å².